The van der Waals surface area contributed by atoms with Crippen molar-refractivity contribution in [1.82, 2.24) is 9.55 Å². The predicted octanol–water partition coefficient (Wildman–Crippen LogP) is 2.35. The molecule has 2 aromatic carbocycles. The number of halogens is 1. The minimum Gasteiger partial charge on any atom is -0.545 e. The molecule has 100 valence electrons. The highest BCUT2D eigenvalue weighted by atomic mass is 35.5. The molecule has 0 saturated carbocycles. The Morgan fingerprint density at radius 2 is 2.05 bits per heavy atom. The fraction of sp³-hybridized carbons (Fsp3) is 0.0667. The molecule has 3 aromatic rings. The molecule has 3 rings (SSSR count). The summed E-state index contributed by atoms with van der Waals surface area (Å²) >= 11 is 6.13. The Hall–Kier alpha value is -2.33. The molecule has 0 aliphatic heterocycles. The molecule has 0 unspecified atom stereocenters. The van der Waals surface area contributed by atoms with E-state index in [4.69, 9.17) is 11.6 Å². The van der Waals surface area contributed by atoms with Crippen molar-refractivity contribution < 1.29 is 9.90 Å². The number of aryl methyl sites for hydroxylation is 1. The lowest BCUT2D eigenvalue weighted by atomic mass is 10.2. The van der Waals surface area contributed by atoms with Gasteiger partial charge in [0.25, 0.3) is 0 Å². The number of aromatic nitrogens is 2. The maximum Gasteiger partial charge on any atom is 0.100 e. The Morgan fingerprint density at radius 3 is 2.75 bits per heavy atom. The number of carbonyl (C=O) groups is 1. The van der Waals surface area contributed by atoms with E-state index in [9.17, 15) is 9.90 Å². The number of carboxylic acids is 1. The van der Waals surface area contributed by atoms with Gasteiger partial charge < -0.3 is 9.90 Å². The number of hydrogen-bond acceptors (Lipinski definition) is 3. The third-order valence-corrected chi connectivity index (χ3v) is 3.62. The second kappa shape index (κ2) is 4.65. The van der Waals surface area contributed by atoms with Gasteiger partial charge in [-0.3, -0.25) is 4.57 Å². The molecule has 0 atom stereocenters. The van der Waals surface area contributed by atoms with Gasteiger partial charge >= 0.3 is 0 Å². The summed E-state index contributed by atoms with van der Waals surface area (Å²) in [4.78, 5) is 15.1. The Morgan fingerprint density at radius 1 is 1.25 bits per heavy atom. The van der Waals surface area contributed by atoms with Crippen LogP contribution in [0.5, 0.6) is 0 Å². The maximum absolute atomic E-state index is 10.8. The summed E-state index contributed by atoms with van der Waals surface area (Å²) < 4.78 is 1.86. The SMILES string of the molecule is Cc1ccc(-n2cnc3cc(C(=O)[O-])ccc32)cc1Cl. The molecule has 0 saturated heterocycles. The van der Waals surface area contributed by atoms with Gasteiger partial charge in [-0.2, -0.15) is 0 Å². The molecule has 0 amide bonds. The number of rotatable bonds is 2. The van der Waals surface area contributed by atoms with E-state index >= 15 is 0 Å². The fourth-order valence-corrected chi connectivity index (χ4v) is 2.25. The number of hydrogen-bond donors (Lipinski definition) is 0. The van der Waals surface area contributed by atoms with E-state index in [0.29, 0.717) is 10.5 Å². The second-order valence-electron chi connectivity index (χ2n) is 4.54. The number of imidazole rings is 1. The molecular weight excluding hydrogens is 276 g/mol. The van der Waals surface area contributed by atoms with Gasteiger partial charge in [-0.25, -0.2) is 4.98 Å². The molecule has 0 aliphatic rings. The highest BCUT2D eigenvalue weighted by molar-refractivity contribution is 6.31. The van der Waals surface area contributed by atoms with Crippen LogP contribution in [0.2, 0.25) is 5.02 Å². The topological polar surface area (TPSA) is 58.0 Å². The minimum atomic E-state index is -1.21. The average molecular weight is 286 g/mol. The summed E-state index contributed by atoms with van der Waals surface area (Å²) in [7, 11) is 0. The Bertz CT molecular complexity index is 824. The highest BCUT2D eigenvalue weighted by Gasteiger charge is 2.07. The van der Waals surface area contributed by atoms with Crippen molar-refractivity contribution in [3.05, 3.63) is 58.9 Å². The number of carbonyl (C=O) groups excluding carboxylic acids is 1. The van der Waals surface area contributed by atoms with Gasteiger partial charge in [0.05, 0.1) is 17.0 Å². The van der Waals surface area contributed by atoms with E-state index in [1.807, 2.05) is 29.7 Å². The predicted molar refractivity (Wildman–Crippen MR) is 75.1 cm³/mol. The van der Waals surface area contributed by atoms with Crippen LogP contribution in [0.25, 0.3) is 16.7 Å². The summed E-state index contributed by atoms with van der Waals surface area (Å²) in [5.41, 5.74) is 3.41. The van der Waals surface area contributed by atoms with Crippen molar-refractivity contribution in [1.29, 1.82) is 0 Å². The number of fused-ring (bicyclic) bond motifs is 1. The van der Waals surface area contributed by atoms with Crippen LogP contribution in [0.15, 0.2) is 42.7 Å². The Labute approximate surface area is 120 Å². The van der Waals surface area contributed by atoms with E-state index < -0.39 is 5.97 Å². The molecule has 20 heavy (non-hydrogen) atoms. The molecule has 0 bridgehead atoms. The van der Waals surface area contributed by atoms with Crippen molar-refractivity contribution in [2.24, 2.45) is 0 Å². The Balaban J connectivity index is 2.17. The maximum atomic E-state index is 10.8. The molecule has 0 N–H and O–H groups in total. The van der Waals surface area contributed by atoms with Crippen LogP contribution in [0.1, 0.15) is 15.9 Å². The first kappa shape index (κ1) is 12.7. The van der Waals surface area contributed by atoms with Crippen LogP contribution in [0.4, 0.5) is 0 Å². The first-order valence-corrected chi connectivity index (χ1v) is 6.39. The van der Waals surface area contributed by atoms with Crippen molar-refractivity contribution in [2.75, 3.05) is 0 Å². The number of carboxylic acid groups (broad SMARTS) is 1. The molecule has 0 fully saturated rings. The second-order valence-corrected chi connectivity index (χ2v) is 4.95. The summed E-state index contributed by atoms with van der Waals surface area (Å²) in [6.07, 6.45) is 1.64. The lowest BCUT2D eigenvalue weighted by molar-refractivity contribution is -0.255. The minimum absolute atomic E-state index is 0.115. The smallest absolute Gasteiger partial charge is 0.100 e. The zero-order valence-corrected chi connectivity index (χ0v) is 11.4. The van der Waals surface area contributed by atoms with Gasteiger partial charge in [0.1, 0.15) is 6.33 Å². The summed E-state index contributed by atoms with van der Waals surface area (Å²) in [6.45, 7) is 1.93. The van der Waals surface area contributed by atoms with Crippen molar-refractivity contribution in [2.45, 2.75) is 6.92 Å². The van der Waals surface area contributed by atoms with E-state index in [2.05, 4.69) is 4.98 Å². The fourth-order valence-electron chi connectivity index (χ4n) is 2.08. The van der Waals surface area contributed by atoms with Crippen LogP contribution in [-0.2, 0) is 0 Å². The summed E-state index contributed by atoms with van der Waals surface area (Å²) in [5.74, 6) is -1.21. The molecule has 0 spiro atoms. The van der Waals surface area contributed by atoms with Gasteiger partial charge in [0, 0.05) is 10.7 Å². The zero-order chi connectivity index (χ0) is 14.3. The quantitative estimate of drug-likeness (QED) is 0.726. The van der Waals surface area contributed by atoms with Crippen molar-refractivity contribution in [3.63, 3.8) is 0 Å². The van der Waals surface area contributed by atoms with Gasteiger partial charge in [0.15, 0.2) is 0 Å². The third kappa shape index (κ3) is 2.04. The molecule has 0 radical (unpaired) electrons. The molecule has 1 heterocycles. The van der Waals surface area contributed by atoms with Gasteiger partial charge in [-0.15, -0.1) is 0 Å². The molecular formula is C15H10ClN2O2-. The largest absolute Gasteiger partial charge is 0.545 e. The first-order valence-electron chi connectivity index (χ1n) is 6.01. The molecule has 0 aliphatic carbocycles. The summed E-state index contributed by atoms with van der Waals surface area (Å²) in [5, 5.41) is 11.5. The Kier molecular flexibility index (Phi) is 2.95. The monoisotopic (exact) mass is 285 g/mol. The van der Waals surface area contributed by atoms with E-state index in [0.717, 1.165) is 16.8 Å². The van der Waals surface area contributed by atoms with Gasteiger partial charge in [-0.1, -0.05) is 23.7 Å². The molecule has 4 nitrogen and oxygen atoms in total. The van der Waals surface area contributed by atoms with Crippen LogP contribution in [0, 0.1) is 6.92 Å². The van der Waals surface area contributed by atoms with E-state index in [1.54, 1.807) is 12.4 Å². The van der Waals surface area contributed by atoms with Crippen LogP contribution < -0.4 is 5.11 Å². The lowest BCUT2D eigenvalue weighted by Gasteiger charge is -2.07. The molecule has 5 heteroatoms. The first-order chi connectivity index (χ1) is 9.56. The van der Waals surface area contributed by atoms with Gasteiger partial charge in [-0.05, 0) is 42.3 Å². The van der Waals surface area contributed by atoms with Crippen molar-refractivity contribution >= 4 is 28.6 Å². The highest BCUT2D eigenvalue weighted by Crippen LogP contribution is 2.23. The van der Waals surface area contributed by atoms with Crippen LogP contribution >= 0.6 is 11.6 Å². The van der Waals surface area contributed by atoms with Crippen LogP contribution in [0.3, 0.4) is 0 Å². The van der Waals surface area contributed by atoms with Crippen LogP contribution in [-0.4, -0.2) is 15.5 Å². The van der Waals surface area contributed by atoms with E-state index in [1.165, 1.54) is 12.1 Å². The lowest BCUT2D eigenvalue weighted by Crippen LogP contribution is -2.21. The van der Waals surface area contributed by atoms with Crippen molar-refractivity contribution in [3.8, 4) is 5.69 Å². The zero-order valence-electron chi connectivity index (χ0n) is 10.6. The number of aromatic carboxylic acids is 1. The third-order valence-electron chi connectivity index (χ3n) is 3.22. The standard InChI is InChI=1S/C15H11ClN2O2/c1-9-2-4-11(7-12(9)16)18-8-17-13-6-10(15(19)20)3-5-14(13)18/h2-8H,1H3,(H,19,20)/p-1. The number of benzene rings is 2. The average Bonchev–Trinajstić information content (AvgIpc) is 2.84. The normalized spacial score (nSPS) is 10.9. The molecule has 1 aromatic heterocycles. The van der Waals surface area contributed by atoms with Gasteiger partial charge in [0.2, 0.25) is 0 Å². The number of nitrogens with zero attached hydrogens (tertiary/aromatic N) is 2. The summed E-state index contributed by atoms with van der Waals surface area (Å²) in [6, 6.07) is 10.4. The van der Waals surface area contributed by atoms with E-state index in [-0.39, 0.29) is 5.56 Å².